The molecule has 0 spiro atoms. The van der Waals surface area contributed by atoms with Gasteiger partial charge in [-0.3, -0.25) is 14.5 Å². The highest BCUT2D eigenvalue weighted by atomic mass is 32.2. The number of carbonyl (C=O) groups excluding carboxylic acids is 3. The molecule has 2 aliphatic heterocycles. The van der Waals surface area contributed by atoms with Crippen molar-refractivity contribution in [2.45, 2.75) is 110 Å². The molecule has 2 aromatic rings. The number of fused-ring (bicyclic) bond motifs is 1. The lowest BCUT2D eigenvalue weighted by Crippen LogP contribution is -2.36. The molecule has 0 aliphatic carbocycles. The van der Waals surface area contributed by atoms with E-state index in [9.17, 15) is 14.4 Å². The molecule has 3 N–H and O–H groups in total. The van der Waals surface area contributed by atoms with E-state index in [-0.39, 0.29) is 24.0 Å². The summed E-state index contributed by atoms with van der Waals surface area (Å²) in [5.41, 5.74) is 3.27. The van der Waals surface area contributed by atoms with E-state index in [1.54, 1.807) is 20.3 Å². The molecule has 9 nitrogen and oxygen atoms in total. The Morgan fingerprint density at radius 2 is 1.71 bits per heavy atom. The van der Waals surface area contributed by atoms with Crippen LogP contribution in [0.2, 0.25) is 0 Å². The van der Waals surface area contributed by atoms with Gasteiger partial charge in [0.15, 0.2) is 6.29 Å². The van der Waals surface area contributed by atoms with Gasteiger partial charge in [0.05, 0.1) is 17.8 Å². The predicted octanol–water partition coefficient (Wildman–Crippen LogP) is 7.07. The van der Waals surface area contributed by atoms with Gasteiger partial charge in [0, 0.05) is 50.4 Å². The number of aromatic nitrogens is 1. The summed E-state index contributed by atoms with van der Waals surface area (Å²) in [5, 5.41) is 9.40. The molecule has 3 atom stereocenters. The molecular formula is C35H57N5O4S. The second kappa shape index (κ2) is 24.3. The van der Waals surface area contributed by atoms with Crippen molar-refractivity contribution in [2.75, 3.05) is 31.8 Å². The van der Waals surface area contributed by atoms with Gasteiger partial charge in [-0.15, -0.1) is 0 Å². The maximum Gasteiger partial charge on any atom is 0.315 e. The number of aldehydes is 1. The number of pyridine rings is 1. The first-order valence-electron chi connectivity index (χ1n) is 16.5. The molecule has 0 radical (unpaired) electrons. The van der Waals surface area contributed by atoms with Gasteiger partial charge in [0.25, 0.3) is 0 Å². The fourth-order valence-corrected chi connectivity index (χ4v) is 6.51. The molecule has 3 unspecified atom stereocenters. The molecule has 0 bridgehead atoms. The Morgan fingerprint density at radius 3 is 2.31 bits per heavy atom. The quantitative estimate of drug-likeness (QED) is 0.115. The second-order valence-corrected chi connectivity index (χ2v) is 12.1. The van der Waals surface area contributed by atoms with Gasteiger partial charge in [-0.2, -0.15) is 11.8 Å². The zero-order valence-electron chi connectivity index (χ0n) is 28.6. The number of hydrogen-bond acceptors (Lipinski definition) is 7. The van der Waals surface area contributed by atoms with Crippen LogP contribution in [0.25, 0.3) is 0 Å². The van der Waals surface area contributed by atoms with Crippen molar-refractivity contribution in [2.24, 2.45) is 0 Å². The largest absolute Gasteiger partial charge is 0.388 e. The number of methoxy groups -OCH3 is 1. The minimum Gasteiger partial charge on any atom is -0.388 e. The Morgan fingerprint density at radius 1 is 1.02 bits per heavy atom. The highest BCUT2D eigenvalue weighted by molar-refractivity contribution is 8.00. The molecule has 4 rings (SSSR count). The van der Waals surface area contributed by atoms with Crippen molar-refractivity contribution >= 4 is 35.7 Å². The smallest absolute Gasteiger partial charge is 0.315 e. The van der Waals surface area contributed by atoms with Crippen LogP contribution in [-0.4, -0.2) is 72.0 Å². The first-order chi connectivity index (χ1) is 21.9. The maximum atomic E-state index is 12.4. The fraction of sp³-hybridized carbons (Fsp3) is 0.600. The second-order valence-electron chi connectivity index (χ2n) is 10.8. The van der Waals surface area contributed by atoms with Gasteiger partial charge in [-0.1, -0.05) is 78.5 Å². The monoisotopic (exact) mass is 643 g/mol. The predicted molar refractivity (Wildman–Crippen MR) is 188 cm³/mol. The molecule has 45 heavy (non-hydrogen) atoms. The molecule has 10 heteroatoms. The van der Waals surface area contributed by atoms with E-state index in [2.05, 4.69) is 51.3 Å². The third-order valence-corrected chi connectivity index (χ3v) is 8.72. The zero-order valence-corrected chi connectivity index (χ0v) is 29.4. The molecule has 1 aromatic heterocycles. The minimum absolute atomic E-state index is 0.0295. The summed E-state index contributed by atoms with van der Waals surface area (Å²) in [6.07, 6.45) is 8.16. The van der Waals surface area contributed by atoms with Gasteiger partial charge in [0.2, 0.25) is 5.91 Å². The first-order valence-corrected chi connectivity index (χ1v) is 17.5. The number of amides is 3. The summed E-state index contributed by atoms with van der Waals surface area (Å²) in [7, 11) is 3.25. The lowest BCUT2D eigenvalue weighted by atomic mass is 10.0. The van der Waals surface area contributed by atoms with Gasteiger partial charge >= 0.3 is 6.03 Å². The molecule has 3 heterocycles. The normalized spacial score (nSPS) is 17.7. The molecular weight excluding hydrogens is 586 g/mol. The Bertz CT molecular complexity index is 1100. The molecule has 1 aromatic carbocycles. The highest BCUT2D eigenvalue weighted by Gasteiger charge is 2.42. The number of thioether (sulfide) groups is 1. The number of benzene rings is 1. The Hall–Kier alpha value is -2.95. The molecule has 252 valence electrons. The van der Waals surface area contributed by atoms with Crippen molar-refractivity contribution < 1.29 is 19.1 Å². The van der Waals surface area contributed by atoms with Crippen molar-refractivity contribution in [1.29, 1.82) is 0 Å². The van der Waals surface area contributed by atoms with Crippen LogP contribution < -0.4 is 16.0 Å². The molecule has 2 saturated heterocycles. The van der Waals surface area contributed by atoms with Gasteiger partial charge in [-0.25, -0.2) is 9.78 Å². The van der Waals surface area contributed by atoms with E-state index in [0.717, 1.165) is 61.3 Å². The summed E-state index contributed by atoms with van der Waals surface area (Å²) >= 11 is 1.91. The van der Waals surface area contributed by atoms with Crippen LogP contribution in [0.1, 0.15) is 101 Å². The van der Waals surface area contributed by atoms with Crippen LogP contribution >= 0.6 is 11.8 Å². The van der Waals surface area contributed by atoms with E-state index in [4.69, 9.17) is 0 Å². The highest BCUT2D eigenvalue weighted by Crippen LogP contribution is 2.33. The van der Waals surface area contributed by atoms with Crippen LogP contribution in [-0.2, 0) is 22.6 Å². The standard InChI is InChI=1S/C26H33N5O3S.C5H12.C2H6O.C2H6/c1-2-31(15-20-6-5-7-21(16-32)27-20)14-18-10-12-19(13-11-18)28-24(33)9-4-3-8-23-25-22(17-35-23)29-26(34)30-25;1-3-5-4-2;1-3-2;1-2/h5-7,10-13,16,22-23,25H,2-4,8-9,14-15,17H2,1H3,(H,28,33)(H2,29,30,34);3-5H2,1-2H3;1-2H3;1-2H3. The van der Waals surface area contributed by atoms with E-state index in [0.29, 0.717) is 23.9 Å². The van der Waals surface area contributed by atoms with E-state index < -0.39 is 0 Å². The van der Waals surface area contributed by atoms with Gasteiger partial charge in [-0.05, 0) is 49.2 Å². The fourth-order valence-electron chi connectivity index (χ4n) is 4.96. The van der Waals surface area contributed by atoms with E-state index in [1.807, 2.05) is 62.0 Å². The SMILES string of the molecule is CC.CCCCC.CCN(Cc1ccc(NC(=O)CCCCC2SCC3NC(=O)NC32)cc1)Cc1cccc(C=O)n1.COC. The topological polar surface area (TPSA) is 113 Å². The maximum absolute atomic E-state index is 12.4. The summed E-state index contributed by atoms with van der Waals surface area (Å²) < 4.78 is 4.25. The van der Waals surface area contributed by atoms with Crippen LogP contribution in [0.3, 0.4) is 0 Å². The number of ether oxygens (including phenoxy) is 1. The van der Waals surface area contributed by atoms with Crippen LogP contribution in [0.5, 0.6) is 0 Å². The number of unbranched alkanes of at least 4 members (excludes halogenated alkanes) is 3. The number of hydrogen-bond donors (Lipinski definition) is 3. The lowest BCUT2D eigenvalue weighted by molar-refractivity contribution is -0.116. The van der Waals surface area contributed by atoms with Gasteiger partial charge in [0.1, 0.15) is 5.69 Å². The zero-order chi connectivity index (χ0) is 33.5. The number of urea groups is 1. The van der Waals surface area contributed by atoms with Crippen molar-refractivity contribution in [3.63, 3.8) is 0 Å². The summed E-state index contributed by atoms with van der Waals surface area (Å²) in [4.78, 5) is 41.4. The Kier molecular flexibility index (Phi) is 21.6. The van der Waals surface area contributed by atoms with Gasteiger partial charge < -0.3 is 20.7 Å². The number of carbonyl (C=O) groups is 3. The molecule has 2 fully saturated rings. The number of rotatable bonds is 14. The van der Waals surface area contributed by atoms with Crippen LogP contribution in [0.4, 0.5) is 10.5 Å². The number of nitrogens with zero attached hydrogens (tertiary/aromatic N) is 2. The van der Waals surface area contributed by atoms with Crippen LogP contribution in [0, 0.1) is 0 Å². The van der Waals surface area contributed by atoms with Crippen LogP contribution in [0.15, 0.2) is 42.5 Å². The average Bonchev–Trinajstić information content (AvgIpc) is 3.61. The Labute approximate surface area is 276 Å². The minimum atomic E-state index is -0.0560. The Balaban J connectivity index is 0.000000893. The number of anilines is 1. The first kappa shape index (κ1) is 40.1. The number of nitrogens with one attached hydrogen (secondary N) is 3. The van der Waals surface area contributed by atoms with Crippen molar-refractivity contribution in [3.05, 3.63) is 59.4 Å². The summed E-state index contributed by atoms with van der Waals surface area (Å²) in [6.45, 7) is 12.8. The molecule has 2 aliphatic rings. The van der Waals surface area contributed by atoms with E-state index >= 15 is 0 Å². The molecule has 3 amide bonds. The van der Waals surface area contributed by atoms with Crippen molar-refractivity contribution in [1.82, 2.24) is 20.5 Å². The summed E-state index contributed by atoms with van der Waals surface area (Å²) in [5.74, 6) is 0.993. The lowest BCUT2D eigenvalue weighted by Gasteiger charge is -2.20. The summed E-state index contributed by atoms with van der Waals surface area (Å²) in [6, 6.07) is 13.9. The molecule has 0 saturated carbocycles. The van der Waals surface area contributed by atoms with E-state index in [1.165, 1.54) is 19.3 Å². The average molecular weight is 644 g/mol. The van der Waals surface area contributed by atoms with Crippen molar-refractivity contribution in [3.8, 4) is 0 Å². The third kappa shape index (κ3) is 15.7. The third-order valence-electron chi connectivity index (χ3n) is 7.21.